The van der Waals surface area contributed by atoms with E-state index in [4.69, 9.17) is 0 Å². The summed E-state index contributed by atoms with van der Waals surface area (Å²) in [6.07, 6.45) is 3.24. The smallest absolute Gasteiger partial charge is 0.178 e. The molecular formula is C10H7N3O. The first kappa shape index (κ1) is 7.32. The number of nitrogens with zero attached hydrogens (tertiary/aromatic N) is 3. The molecule has 0 saturated carbocycles. The molecule has 0 amide bonds. The molecule has 3 rings (SSSR count). The fraction of sp³-hybridized carbons (Fsp3) is 0. The molecule has 0 spiro atoms. The van der Waals surface area contributed by atoms with E-state index in [1.165, 1.54) is 0 Å². The second-order valence-corrected chi connectivity index (χ2v) is 3.08. The summed E-state index contributed by atoms with van der Waals surface area (Å²) in [5, 5.41) is 10.5. The Bertz CT molecular complexity index is 573. The molecule has 4 heteroatoms. The molecule has 1 aromatic rings. The maximum absolute atomic E-state index is 9.50. The summed E-state index contributed by atoms with van der Waals surface area (Å²) >= 11 is 0. The molecule has 0 aliphatic carbocycles. The topological polar surface area (TPSA) is 50.9 Å². The highest BCUT2D eigenvalue weighted by Crippen LogP contribution is 2.28. The minimum atomic E-state index is 0.543. The van der Waals surface area contributed by atoms with Gasteiger partial charge in [0.1, 0.15) is 0 Å². The fourth-order valence-corrected chi connectivity index (χ4v) is 1.61. The number of hydrogen-bond acceptors (Lipinski definition) is 3. The second-order valence-electron chi connectivity index (χ2n) is 3.08. The van der Waals surface area contributed by atoms with Gasteiger partial charge in [0.05, 0.1) is 0 Å². The number of rotatable bonds is 0. The van der Waals surface area contributed by atoms with Crippen LogP contribution in [-0.4, -0.2) is 19.9 Å². The van der Waals surface area contributed by atoms with Gasteiger partial charge in [-0.3, -0.25) is 0 Å². The van der Waals surface area contributed by atoms with Crippen molar-refractivity contribution in [2.24, 2.45) is 0 Å². The summed E-state index contributed by atoms with van der Waals surface area (Å²) < 4.78 is 1.01. The van der Waals surface area contributed by atoms with E-state index in [0.29, 0.717) is 11.5 Å². The van der Waals surface area contributed by atoms with E-state index < -0.39 is 0 Å². The normalized spacial score (nSPS) is 11.1. The number of fused-ring (bicyclic) bond motifs is 3. The van der Waals surface area contributed by atoms with Crippen LogP contribution in [0.4, 0.5) is 0 Å². The van der Waals surface area contributed by atoms with Crippen molar-refractivity contribution < 1.29 is 5.21 Å². The number of hydrogen-bond donors (Lipinski definition) is 1. The van der Waals surface area contributed by atoms with Crippen molar-refractivity contribution >= 4 is 11.0 Å². The number of pyridine rings is 2. The van der Waals surface area contributed by atoms with Gasteiger partial charge in [0, 0.05) is 23.3 Å². The molecule has 2 aliphatic rings. The van der Waals surface area contributed by atoms with Gasteiger partial charge < -0.3 is 5.21 Å². The Balaban J connectivity index is 2.55. The molecule has 0 unspecified atom stereocenters. The van der Waals surface area contributed by atoms with Crippen LogP contribution in [0.15, 0.2) is 36.7 Å². The Morgan fingerprint density at radius 1 is 1.21 bits per heavy atom. The average molecular weight is 185 g/mol. The van der Waals surface area contributed by atoms with Crippen LogP contribution in [0.25, 0.3) is 22.4 Å². The Labute approximate surface area is 79.8 Å². The lowest BCUT2D eigenvalue weighted by molar-refractivity contribution is 0.187. The molecule has 4 nitrogen and oxygen atoms in total. The van der Waals surface area contributed by atoms with Gasteiger partial charge in [0.15, 0.2) is 11.5 Å². The third kappa shape index (κ3) is 0.821. The van der Waals surface area contributed by atoms with Crippen LogP contribution >= 0.6 is 0 Å². The number of aromatic nitrogens is 3. The van der Waals surface area contributed by atoms with E-state index >= 15 is 0 Å². The molecule has 68 valence electrons. The summed E-state index contributed by atoms with van der Waals surface area (Å²) in [5.74, 6) is 0.543. The molecule has 0 bridgehead atoms. The highest BCUT2D eigenvalue weighted by molar-refractivity contribution is 5.93. The quantitative estimate of drug-likeness (QED) is 0.543. The maximum Gasteiger partial charge on any atom is 0.178 e. The molecule has 0 saturated heterocycles. The molecule has 0 radical (unpaired) electrons. The second kappa shape index (κ2) is 2.45. The van der Waals surface area contributed by atoms with Gasteiger partial charge in [-0.1, -0.05) is 0 Å². The van der Waals surface area contributed by atoms with E-state index in [2.05, 4.69) is 9.97 Å². The predicted octanol–water partition coefficient (Wildman–Crippen LogP) is 1.77. The first-order chi connectivity index (χ1) is 6.86. The summed E-state index contributed by atoms with van der Waals surface area (Å²) in [4.78, 5) is 8.34. The lowest BCUT2D eigenvalue weighted by atomic mass is 10.2. The molecule has 1 aromatic heterocycles. The minimum absolute atomic E-state index is 0.543. The van der Waals surface area contributed by atoms with Gasteiger partial charge in [0.2, 0.25) is 0 Å². The molecular weight excluding hydrogens is 178 g/mol. The van der Waals surface area contributed by atoms with E-state index in [0.717, 1.165) is 15.7 Å². The monoisotopic (exact) mass is 185 g/mol. The zero-order chi connectivity index (χ0) is 9.54. The lowest BCUT2D eigenvalue weighted by Gasteiger charge is -2.01. The summed E-state index contributed by atoms with van der Waals surface area (Å²) in [7, 11) is 0. The largest absolute Gasteiger partial charge is 0.427 e. The van der Waals surface area contributed by atoms with Gasteiger partial charge >= 0.3 is 0 Å². The van der Waals surface area contributed by atoms with E-state index in [-0.39, 0.29) is 0 Å². The fourth-order valence-electron chi connectivity index (χ4n) is 1.61. The molecule has 3 heterocycles. The molecule has 0 atom stereocenters. The molecule has 0 aromatic carbocycles. The van der Waals surface area contributed by atoms with Crippen LogP contribution < -0.4 is 0 Å². The SMILES string of the molecule is On1cccc2c3cccnc3nc1-2. The Morgan fingerprint density at radius 2 is 2.14 bits per heavy atom. The van der Waals surface area contributed by atoms with Crippen molar-refractivity contribution in [3.05, 3.63) is 36.7 Å². The predicted molar refractivity (Wildman–Crippen MR) is 51.3 cm³/mol. The standard InChI is InChI=1S/C10H7N3O/c14-13-6-2-4-8-7-3-1-5-11-9(7)12-10(8)13/h1-6,14H. The average Bonchev–Trinajstić information content (AvgIpc) is 2.59. The van der Waals surface area contributed by atoms with E-state index in [1.807, 2.05) is 18.2 Å². The molecule has 2 aliphatic heterocycles. The van der Waals surface area contributed by atoms with Crippen molar-refractivity contribution in [1.29, 1.82) is 0 Å². The van der Waals surface area contributed by atoms with Crippen molar-refractivity contribution in [2.45, 2.75) is 0 Å². The van der Waals surface area contributed by atoms with E-state index in [9.17, 15) is 5.21 Å². The van der Waals surface area contributed by atoms with Crippen LogP contribution in [0.5, 0.6) is 0 Å². The Hall–Kier alpha value is -2.10. The summed E-state index contributed by atoms with van der Waals surface area (Å²) in [5.41, 5.74) is 1.58. The van der Waals surface area contributed by atoms with Gasteiger partial charge in [0.25, 0.3) is 0 Å². The van der Waals surface area contributed by atoms with Crippen LogP contribution in [0, 0.1) is 0 Å². The van der Waals surface area contributed by atoms with Crippen LogP contribution in [0.3, 0.4) is 0 Å². The third-order valence-corrected chi connectivity index (χ3v) is 2.24. The van der Waals surface area contributed by atoms with Gasteiger partial charge in [-0.2, -0.15) is 4.73 Å². The maximum atomic E-state index is 9.50. The highest BCUT2D eigenvalue weighted by Gasteiger charge is 2.14. The minimum Gasteiger partial charge on any atom is -0.427 e. The van der Waals surface area contributed by atoms with Crippen molar-refractivity contribution in [2.75, 3.05) is 0 Å². The van der Waals surface area contributed by atoms with E-state index in [1.54, 1.807) is 18.5 Å². The van der Waals surface area contributed by atoms with Crippen LogP contribution in [0.1, 0.15) is 0 Å². The Kier molecular flexibility index (Phi) is 1.28. The first-order valence-corrected chi connectivity index (χ1v) is 4.27. The van der Waals surface area contributed by atoms with Gasteiger partial charge in [-0.05, 0) is 24.3 Å². The highest BCUT2D eigenvalue weighted by atomic mass is 16.5. The zero-order valence-corrected chi connectivity index (χ0v) is 7.25. The molecule has 14 heavy (non-hydrogen) atoms. The molecule has 0 fully saturated rings. The summed E-state index contributed by atoms with van der Waals surface area (Å²) in [6.45, 7) is 0. The van der Waals surface area contributed by atoms with Crippen molar-refractivity contribution in [3.8, 4) is 11.4 Å². The zero-order valence-electron chi connectivity index (χ0n) is 7.25. The van der Waals surface area contributed by atoms with Crippen molar-refractivity contribution in [3.63, 3.8) is 0 Å². The summed E-state index contributed by atoms with van der Waals surface area (Å²) in [6, 6.07) is 7.49. The van der Waals surface area contributed by atoms with Gasteiger partial charge in [-0.25, -0.2) is 9.97 Å². The van der Waals surface area contributed by atoms with Gasteiger partial charge in [-0.15, -0.1) is 0 Å². The van der Waals surface area contributed by atoms with Crippen LogP contribution in [-0.2, 0) is 0 Å². The first-order valence-electron chi connectivity index (χ1n) is 4.27. The lowest BCUT2D eigenvalue weighted by Crippen LogP contribution is -1.96. The third-order valence-electron chi connectivity index (χ3n) is 2.24. The van der Waals surface area contributed by atoms with Crippen LogP contribution in [0.2, 0.25) is 0 Å². The van der Waals surface area contributed by atoms with Crippen molar-refractivity contribution in [1.82, 2.24) is 14.7 Å². The Morgan fingerprint density at radius 3 is 3.07 bits per heavy atom. The molecule has 1 N–H and O–H groups in total.